The Bertz CT molecular complexity index is 154. The molecule has 0 aromatic rings. The van der Waals surface area contributed by atoms with Crippen molar-refractivity contribution in [1.82, 2.24) is 5.32 Å². The second-order valence-electron chi connectivity index (χ2n) is 4.08. The third-order valence-electron chi connectivity index (χ3n) is 2.43. The Hall–Kier alpha value is -0.370. The van der Waals surface area contributed by atoms with Crippen molar-refractivity contribution in [3.05, 3.63) is 0 Å². The van der Waals surface area contributed by atoms with Crippen LogP contribution in [0.1, 0.15) is 33.1 Å². The summed E-state index contributed by atoms with van der Waals surface area (Å²) in [5.74, 6) is 1.45. The summed E-state index contributed by atoms with van der Waals surface area (Å²) in [5, 5.41) is 3.26. The highest BCUT2D eigenvalue weighted by Crippen LogP contribution is 2.18. The lowest BCUT2D eigenvalue weighted by Gasteiger charge is -2.14. The highest BCUT2D eigenvalue weighted by molar-refractivity contribution is 5.81. The standard InChI is InChI=1S/C10H19NO/c1-8(2)7-9-3-5-11-6-4-10(9)12/h8-9,11H,3-7H2,1-2H3. The summed E-state index contributed by atoms with van der Waals surface area (Å²) in [6.07, 6.45) is 2.84. The first-order chi connectivity index (χ1) is 5.70. The van der Waals surface area contributed by atoms with Crippen molar-refractivity contribution in [2.45, 2.75) is 33.1 Å². The van der Waals surface area contributed by atoms with Crippen molar-refractivity contribution >= 4 is 5.78 Å². The predicted octanol–water partition coefficient (Wildman–Crippen LogP) is 1.60. The number of carbonyl (C=O) groups excluding carboxylic acids is 1. The molecule has 0 aromatic carbocycles. The maximum Gasteiger partial charge on any atom is 0.137 e. The van der Waals surface area contributed by atoms with Crippen LogP contribution in [0.4, 0.5) is 0 Å². The Morgan fingerprint density at radius 3 is 2.92 bits per heavy atom. The lowest BCUT2D eigenvalue weighted by atomic mass is 9.90. The Kier molecular flexibility index (Phi) is 3.73. The zero-order valence-corrected chi connectivity index (χ0v) is 8.10. The van der Waals surface area contributed by atoms with Crippen LogP contribution in [-0.4, -0.2) is 18.9 Å². The zero-order chi connectivity index (χ0) is 8.97. The quantitative estimate of drug-likeness (QED) is 0.680. The van der Waals surface area contributed by atoms with Crippen molar-refractivity contribution in [1.29, 1.82) is 0 Å². The van der Waals surface area contributed by atoms with Gasteiger partial charge in [-0.3, -0.25) is 4.79 Å². The van der Waals surface area contributed by atoms with Crippen LogP contribution in [-0.2, 0) is 4.79 Å². The van der Waals surface area contributed by atoms with Crippen LogP contribution >= 0.6 is 0 Å². The molecule has 1 N–H and O–H groups in total. The molecule has 0 aromatic heterocycles. The molecule has 0 spiro atoms. The van der Waals surface area contributed by atoms with E-state index in [4.69, 9.17) is 0 Å². The number of hydrogen-bond acceptors (Lipinski definition) is 2. The number of ketones is 1. The zero-order valence-electron chi connectivity index (χ0n) is 8.10. The minimum Gasteiger partial charge on any atom is -0.316 e. The molecule has 2 heteroatoms. The van der Waals surface area contributed by atoms with Crippen molar-refractivity contribution in [2.24, 2.45) is 11.8 Å². The SMILES string of the molecule is CC(C)CC1CCNCCC1=O. The van der Waals surface area contributed by atoms with Gasteiger partial charge in [-0.25, -0.2) is 0 Å². The second kappa shape index (κ2) is 4.61. The van der Waals surface area contributed by atoms with Gasteiger partial charge in [0.15, 0.2) is 0 Å². The van der Waals surface area contributed by atoms with Crippen LogP contribution in [0.15, 0.2) is 0 Å². The molecule has 1 heterocycles. The van der Waals surface area contributed by atoms with E-state index in [-0.39, 0.29) is 0 Å². The van der Waals surface area contributed by atoms with Crippen LogP contribution in [0.5, 0.6) is 0 Å². The smallest absolute Gasteiger partial charge is 0.137 e. The third kappa shape index (κ3) is 2.94. The monoisotopic (exact) mass is 169 g/mol. The maximum absolute atomic E-state index is 11.5. The van der Waals surface area contributed by atoms with Crippen molar-refractivity contribution < 1.29 is 4.79 Å². The van der Waals surface area contributed by atoms with Crippen molar-refractivity contribution in [2.75, 3.05) is 13.1 Å². The van der Waals surface area contributed by atoms with E-state index in [1.807, 2.05) is 0 Å². The van der Waals surface area contributed by atoms with Gasteiger partial charge in [-0.2, -0.15) is 0 Å². The van der Waals surface area contributed by atoms with E-state index in [0.717, 1.165) is 32.4 Å². The topological polar surface area (TPSA) is 29.1 Å². The first-order valence-corrected chi connectivity index (χ1v) is 4.93. The van der Waals surface area contributed by atoms with E-state index in [2.05, 4.69) is 19.2 Å². The lowest BCUT2D eigenvalue weighted by Crippen LogP contribution is -2.16. The van der Waals surface area contributed by atoms with E-state index >= 15 is 0 Å². The van der Waals surface area contributed by atoms with E-state index in [0.29, 0.717) is 17.6 Å². The number of nitrogens with one attached hydrogen (secondary N) is 1. The van der Waals surface area contributed by atoms with Crippen molar-refractivity contribution in [3.63, 3.8) is 0 Å². The molecule has 70 valence electrons. The number of rotatable bonds is 2. The van der Waals surface area contributed by atoms with Gasteiger partial charge in [0.25, 0.3) is 0 Å². The van der Waals surface area contributed by atoms with E-state index in [1.54, 1.807) is 0 Å². The average Bonchev–Trinajstić information content (AvgIpc) is 2.16. The van der Waals surface area contributed by atoms with Crippen molar-refractivity contribution in [3.8, 4) is 0 Å². The van der Waals surface area contributed by atoms with E-state index in [1.165, 1.54) is 0 Å². The maximum atomic E-state index is 11.5. The van der Waals surface area contributed by atoms with Crippen LogP contribution in [0.2, 0.25) is 0 Å². The molecule has 1 aliphatic heterocycles. The summed E-state index contributed by atoms with van der Waals surface area (Å²) < 4.78 is 0. The highest BCUT2D eigenvalue weighted by atomic mass is 16.1. The van der Waals surface area contributed by atoms with E-state index in [9.17, 15) is 4.79 Å². The molecule has 2 nitrogen and oxygen atoms in total. The summed E-state index contributed by atoms with van der Waals surface area (Å²) in [6, 6.07) is 0. The molecular formula is C10H19NO. The van der Waals surface area contributed by atoms with Gasteiger partial charge in [-0.15, -0.1) is 0 Å². The molecule has 0 saturated carbocycles. The van der Waals surface area contributed by atoms with Gasteiger partial charge in [0.05, 0.1) is 0 Å². The summed E-state index contributed by atoms with van der Waals surface area (Å²) in [5.41, 5.74) is 0. The van der Waals surface area contributed by atoms with Crippen LogP contribution in [0.3, 0.4) is 0 Å². The Morgan fingerprint density at radius 2 is 2.25 bits per heavy atom. The Labute approximate surface area is 74.7 Å². The van der Waals surface area contributed by atoms with Gasteiger partial charge in [0.1, 0.15) is 5.78 Å². The predicted molar refractivity (Wildman–Crippen MR) is 50.1 cm³/mol. The minimum atomic E-state index is 0.333. The average molecular weight is 169 g/mol. The van der Waals surface area contributed by atoms with Gasteiger partial charge in [-0.1, -0.05) is 13.8 Å². The summed E-state index contributed by atoms with van der Waals surface area (Å²) in [7, 11) is 0. The van der Waals surface area contributed by atoms with Gasteiger partial charge in [-0.05, 0) is 25.3 Å². The first kappa shape index (κ1) is 9.72. The fourth-order valence-electron chi connectivity index (χ4n) is 1.80. The summed E-state index contributed by atoms with van der Waals surface area (Å²) in [6.45, 7) is 6.27. The van der Waals surface area contributed by atoms with Gasteiger partial charge in [0, 0.05) is 18.9 Å². The van der Waals surface area contributed by atoms with Gasteiger partial charge in [0.2, 0.25) is 0 Å². The molecule has 0 amide bonds. The summed E-state index contributed by atoms with van der Waals surface area (Å²) >= 11 is 0. The minimum absolute atomic E-state index is 0.333. The van der Waals surface area contributed by atoms with Crippen LogP contribution in [0, 0.1) is 11.8 Å². The third-order valence-corrected chi connectivity index (χ3v) is 2.43. The molecule has 12 heavy (non-hydrogen) atoms. The van der Waals surface area contributed by atoms with Gasteiger partial charge < -0.3 is 5.32 Å². The number of hydrogen-bond donors (Lipinski definition) is 1. The normalized spacial score (nSPS) is 25.9. The molecule has 1 unspecified atom stereocenters. The number of Topliss-reactive ketones (excluding diaryl/α,β-unsaturated/α-hetero) is 1. The Morgan fingerprint density at radius 1 is 1.50 bits per heavy atom. The highest BCUT2D eigenvalue weighted by Gasteiger charge is 2.20. The fraction of sp³-hybridized carbons (Fsp3) is 0.900. The molecule has 1 aliphatic rings. The van der Waals surface area contributed by atoms with Gasteiger partial charge >= 0.3 is 0 Å². The lowest BCUT2D eigenvalue weighted by molar-refractivity contribution is -0.122. The fourth-order valence-corrected chi connectivity index (χ4v) is 1.80. The first-order valence-electron chi connectivity index (χ1n) is 4.93. The second-order valence-corrected chi connectivity index (χ2v) is 4.08. The molecule has 1 rings (SSSR count). The number of carbonyl (C=O) groups is 1. The molecule has 1 fully saturated rings. The van der Waals surface area contributed by atoms with E-state index < -0.39 is 0 Å². The molecule has 0 aliphatic carbocycles. The molecule has 0 radical (unpaired) electrons. The molecular weight excluding hydrogens is 150 g/mol. The molecule has 1 saturated heterocycles. The largest absolute Gasteiger partial charge is 0.316 e. The molecule has 1 atom stereocenters. The van der Waals surface area contributed by atoms with Crippen LogP contribution in [0.25, 0.3) is 0 Å². The molecule has 0 bridgehead atoms. The van der Waals surface area contributed by atoms with Crippen LogP contribution < -0.4 is 5.32 Å². The Balaban J connectivity index is 2.42. The summed E-state index contributed by atoms with van der Waals surface area (Å²) in [4.78, 5) is 11.5.